The predicted molar refractivity (Wildman–Crippen MR) is 115 cm³/mol. The minimum absolute atomic E-state index is 0.187. The number of halogens is 2. The molecule has 9 heteroatoms. The number of nitriles is 1. The van der Waals surface area contributed by atoms with Gasteiger partial charge in [0.25, 0.3) is 11.8 Å². The summed E-state index contributed by atoms with van der Waals surface area (Å²) < 4.78 is 5.70. The number of carbonyl (C=O) groups is 3. The summed E-state index contributed by atoms with van der Waals surface area (Å²) in [4.78, 5) is 38.5. The molecule has 1 N–H and O–H groups in total. The Kier molecular flexibility index (Phi) is 6.55. The molecular formula is C21H15BrClN3O4. The maximum Gasteiger partial charge on any atom is 0.335 e. The van der Waals surface area contributed by atoms with Gasteiger partial charge < -0.3 is 4.74 Å². The highest BCUT2D eigenvalue weighted by Gasteiger charge is 2.36. The number of ether oxygens (including phenoxy) is 1. The number of barbiturate groups is 1. The van der Waals surface area contributed by atoms with E-state index in [0.29, 0.717) is 15.7 Å². The van der Waals surface area contributed by atoms with E-state index in [0.717, 1.165) is 16.9 Å². The SMILES string of the molecule is CCc1ccc(N2C(=O)NC(=O)/C(=C/c3cc(Cl)c(OCC#N)c(Br)c3)C2=O)cc1. The Morgan fingerprint density at radius 2 is 1.93 bits per heavy atom. The zero-order valence-electron chi connectivity index (χ0n) is 15.7. The lowest BCUT2D eigenvalue weighted by Crippen LogP contribution is -2.54. The van der Waals surface area contributed by atoms with Gasteiger partial charge in [0.1, 0.15) is 11.6 Å². The summed E-state index contributed by atoms with van der Waals surface area (Å²) in [6.45, 7) is 1.81. The van der Waals surface area contributed by atoms with Crippen LogP contribution in [0.2, 0.25) is 5.02 Å². The second kappa shape index (κ2) is 9.11. The molecule has 2 aromatic rings. The number of imide groups is 2. The lowest BCUT2D eigenvalue weighted by molar-refractivity contribution is -0.122. The number of amides is 4. The summed E-state index contributed by atoms with van der Waals surface area (Å²) in [5.41, 5.74) is 1.62. The Hall–Kier alpha value is -3.15. The summed E-state index contributed by atoms with van der Waals surface area (Å²) in [6, 6.07) is 11.0. The van der Waals surface area contributed by atoms with E-state index in [1.807, 2.05) is 25.1 Å². The lowest BCUT2D eigenvalue weighted by Gasteiger charge is -2.26. The first kappa shape index (κ1) is 21.6. The Morgan fingerprint density at radius 1 is 1.23 bits per heavy atom. The molecule has 0 atom stereocenters. The van der Waals surface area contributed by atoms with Crippen LogP contribution in [-0.4, -0.2) is 24.5 Å². The average Bonchev–Trinajstić information content (AvgIpc) is 2.71. The summed E-state index contributed by atoms with van der Waals surface area (Å²) in [5, 5.41) is 11.0. The second-order valence-electron chi connectivity index (χ2n) is 6.24. The number of hydrogen-bond donors (Lipinski definition) is 1. The van der Waals surface area contributed by atoms with Gasteiger partial charge in [-0.15, -0.1) is 0 Å². The van der Waals surface area contributed by atoms with E-state index in [1.165, 1.54) is 12.1 Å². The fourth-order valence-corrected chi connectivity index (χ4v) is 3.83. The predicted octanol–water partition coefficient (Wildman–Crippen LogP) is 4.23. The Morgan fingerprint density at radius 3 is 2.53 bits per heavy atom. The van der Waals surface area contributed by atoms with Crippen molar-refractivity contribution in [1.82, 2.24) is 5.32 Å². The molecule has 0 radical (unpaired) electrons. The van der Waals surface area contributed by atoms with Crippen LogP contribution in [0.1, 0.15) is 18.1 Å². The molecule has 152 valence electrons. The zero-order chi connectivity index (χ0) is 21.8. The minimum Gasteiger partial charge on any atom is -0.476 e. The molecular weight excluding hydrogens is 474 g/mol. The van der Waals surface area contributed by atoms with Crippen LogP contribution in [0.15, 0.2) is 46.4 Å². The number of rotatable bonds is 5. The first-order chi connectivity index (χ1) is 14.3. The van der Waals surface area contributed by atoms with Crippen molar-refractivity contribution in [1.29, 1.82) is 5.26 Å². The highest BCUT2D eigenvalue weighted by Crippen LogP contribution is 2.35. The lowest BCUT2D eigenvalue weighted by atomic mass is 10.1. The van der Waals surface area contributed by atoms with Gasteiger partial charge in [-0.25, -0.2) is 9.69 Å². The van der Waals surface area contributed by atoms with Crippen LogP contribution < -0.4 is 15.0 Å². The monoisotopic (exact) mass is 487 g/mol. The largest absolute Gasteiger partial charge is 0.476 e. The third kappa shape index (κ3) is 4.37. The summed E-state index contributed by atoms with van der Waals surface area (Å²) in [5.74, 6) is -1.28. The number of benzene rings is 2. The number of aryl methyl sites for hydroxylation is 1. The molecule has 0 bridgehead atoms. The Balaban J connectivity index is 1.97. The van der Waals surface area contributed by atoms with Gasteiger partial charge in [0, 0.05) is 0 Å². The van der Waals surface area contributed by atoms with Crippen LogP contribution in [0.3, 0.4) is 0 Å². The van der Waals surface area contributed by atoms with Crippen LogP contribution >= 0.6 is 27.5 Å². The van der Waals surface area contributed by atoms with Crippen molar-refractivity contribution >= 4 is 57.1 Å². The number of anilines is 1. The van der Waals surface area contributed by atoms with E-state index >= 15 is 0 Å². The van der Waals surface area contributed by atoms with E-state index < -0.39 is 17.8 Å². The molecule has 1 saturated heterocycles. The molecule has 2 aromatic carbocycles. The molecule has 0 saturated carbocycles. The molecule has 0 aliphatic carbocycles. The fraction of sp³-hybridized carbons (Fsp3) is 0.143. The molecule has 1 heterocycles. The Labute approximate surface area is 186 Å². The van der Waals surface area contributed by atoms with Crippen molar-refractivity contribution in [3.05, 3.63) is 62.6 Å². The summed E-state index contributed by atoms with van der Waals surface area (Å²) in [7, 11) is 0. The molecule has 0 unspecified atom stereocenters. The van der Waals surface area contributed by atoms with Gasteiger partial charge in [-0.2, -0.15) is 5.26 Å². The first-order valence-electron chi connectivity index (χ1n) is 8.85. The van der Waals surface area contributed by atoms with Gasteiger partial charge in [-0.1, -0.05) is 30.7 Å². The van der Waals surface area contributed by atoms with Crippen LogP contribution in [0.4, 0.5) is 10.5 Å². The standard InChI is InChI=1S/C21H15BrClN3O4/c1-2-12-3-5-14(6-4-12)26-20(28)15(19(27)25-21(26)29)9-13-10-16(22)18(17(23)11-13)30-8-7-24/h3-6,9-11H,2,8H2,1H3,(H,25,27,29)/b15-9-. The topological polar surface area (TPSA) is 99.5 Å². The minimum atomic E-state index is -0.814. The van der Waals surface area contributed by atoms with Crippen molar-refractivity contribution in [3.63, 3.8) is 0 Å². The quantitative estimate of drug-likeness (QED) is 0.501. The van der Waals surface area contributed by atoms with Crippen LogP contribution in [-0.2, 0) is 16.0 Å². The van der Waals surface area contributed by atoms with E-state index in [4.69, 9.17) is 21.6 Å². The average molecular weight is 489 g/mol. The fourth-order valence-electron chi connectivity index (χ4n) is 2.84. The summed E-state index contributed by atoms with van der Waals surface area (Å²) >= 11 is 9.49. The number of urea groups is 1. The zero-order valence-corrected chi connectivity index (χ0v) is 18.1. The Bertz CT molecular complexity index is 1080. The van der Waals surface area contributed by atoms with Crippen molar-refractivity contribution in [2.45, 2.75) is 13.3 Å². The number of hydrogen-bond acceptors (Lipinski definition) is 5. The van der Waals surface area contributed by atoms with Crippen LogP contribution in [0.5, 0.6) is 5.75 Å². The van der Waals surface area contributed by atoms with Crippen molar-refractivity contribution < 1.29 is 19.1 Å². The van der Waals surface area contributed by atoms with Gasteiger partial charge in [0.05, 0.1) is 15.2 Å². The van der Waals surface area contributed by atoms with Crippen molar-refractivity contribution in [2.75, 3.05) is 11.5 Å². The number of nitrogens with zero attached hydrogens (tertiary/aromatic N) is 2. The van der Waals surface area contributed by atoms with Crippen molar-refractivity contribution in [2.24, 2.45) is 0 Å². The molecule has 4 amide bonds. The smallest absolute Gasteiger partial charge is 0.335 e. The number of nitrogens with one attached hydrogen (secondary N) is 1. The molecule has 1 aliphatic rings. The van der Waals surface area contributed by atoms with E-state index in [-0.39, 0.29) is 23.0 Å². The van der Waals surface area contributed by atoms with Crippen LogP contribution in [0.25, 0.3) is 6.08 Å². The highest BCUT2D eigenvalue weighted by atomic mass is 79.9. The van der Waals surface area contributed by atoms with E-state index in [1.54, 1.807) is 18.2 Å². The van der Waals surface area contributed by atoms with Crippen LogP contribution in [0, 0.1) is 11.3 Å². The third-order valence-corrected chi connectivity index (χ3v) is 5.19. The maximum atomic E-state index is 13.0. The second-order valence-corrected chi connectivity index (χ2v) is 7.50. The third-order valence-electron chi connectivity index (χ3n) is 4.32. The van der Waals surface area contributed by atoms with E-state index in [2.05, 4.69) is 21.2 Å². The molecule has 30 heavy (non-hydrogen) atoms. The number of carbonyl (C=O) groups excluding carboxylic acids is 3. The highest BCUT2D eigenvalue weighted by molar-refractivity contribution is 9.10. The van der Waals surface area contributed by atoms with Gasteiger partial charge in [0.2, 0.25) is 0 Å². The van der Waals surface area contributed by atoms with E-state index in [9.17, 15) is 14.4 Å². The molecule has 0 spiro atoms. The first-order valence-corrected chi connectivity index (χ1v) is 10.0. The normalized spacial score (nSPS) is 15.2. The molecule has 7 nitrogen and oxygen atoms in total. The molecule has 3 rings (SSSR count). The summed E-state index contributed by atoms with van der Waals surface area (Å²) in [6.07, 6.45) is 2.15. The molecule has 0 aromatic heterocycles. The molecule has 1 fully saturated rings. The van der Waals surface area contributed by atoms with Crippen molar-refractivity contribution in [3.8, 4) is 11.8 Å². The maximum absolute atomic E-state index is 13.0. The van der Waals surface area contributed by atoms with Gasteiger partial charge in [-0.3, -0.25) is 14.9 Å². The van der Waals surface area contributed by atoms with Gasteiger partial charge >= 0.3 is 6.03 Å². The molecule has 1 aliphatic heterocycles. The van der Waals surface area contributed by atoms with Gasteiger partial charge in [-0.05, 0) is 63.8 Å². The van der Waals surface area contributed by atoms with Gasteiger partial charge in [0.15, 0.2) is 12.4 Å².